The summed E-state index contributed by atoms with van der Waals surface area (Å²) in [6.07, 6.45) is 0. The van der Waals surface area contributed by atoms with E-state index in [9.17, 15) is 0 Å². The van der Waals surface area contributed by atoms with Gasteiger partial charge in [-0.3, -0.25) is 28.1 Å². The third-order valence-electron chi connectivity index (χ3n) is 0. The molecule has 0 amide bonds. The summed E-state index contributed by atoms with van der Waals surface area (Å²) < 4.78 is 8.67. The molecule has 0 radical (unpaired) electrons. The molecule has 0 heterocycles. The lowest BCUT2D eigenvalue weighted by Crippen LogP contribution is -0.706. The Morgan fingerprint density at radius 1 is 0.889 bits per heavy atom. The van der Waals surface area contributed by atoms with Crippen molar-refractivity contribution in [3.63, 3.8) is 0 Å². The topological polar surface area (TPSA) is 17.1 Å². The summed E-state index contributed by atoms with van der Waals surface area (Å²) in [5.74, 6) is 0. The van der Waals surface area contributed by atoms with E-state index in [4.69, 9.17) is 4.57 Å². The quantitative estimate of drug-likeness (QED) is 0.448. The summed E-state index contributed by atoms with van der Waals surface area (Å²) in [5.41, 5.74) is 0. The summed E-state index contributed by atoms with van der Waals surface area (Å²) in [7, 11) is -0.361. The van der Waals surface area contributed by atoms with Crippen LogP contribution in [0.3, 0.4) is 0 Å². The molecule has 66 valence electrons. The van der Waals surface area contributed by atoms with E-state index in [1.165, 1.54) is 0 Å². The molecule has 1 nitrogen and oxygen atoms in total. The van der Waals surface area contributed by atoms with Crippen molar-refractivity contribution in [1.82, 2.24) is 0 Å². The van der Waals surface area contributed by atoms with Crippen molar-refractivity contribution in [1.29, 1.82) is 0 Å². The van der Waals surface area contributed by atoms with Gasteiger partial charge in [0.1, 0.15) is 0 Å². The van der Waals surface area contributed by atoms with Gasteiger partial charge in [-0.05, 0) is 11.2 Å². The molecule has 0 aliphatic carbocycles. The van der Waals surface area contributed by atoms with Crippen LogP contribution in [0.5, 0.6) is 0 Å². The van der Waals surface area contributed by atoms with E-state index in [2.05, 4.69) is 11.2 Å². The van der Waals surface area contributed by atoms with Crippen LogP contribution in [0.25, 0.3) is 0 Å². The van der Waals surface area contributed by atoms with Crippen molar-refractivity contribution in [2.45, 2.75) is 0 Å². The van der Waals surface area contributed by atoms with Crippen LogP contribution >= 0.6 is 29.0 Å². The van der Waals surface area contributed by atoms with Gasteiger partial charge in [0.15, 0.2) is 0 Å². The van der Waals surface area contributed by atoms with Gasteiger partial charge in [0.05, 0.1) is 0 Å². The van der Waals surface area contributed by atoms with Gasteiger partial charge >= 0.3 is 0 Å². The number of halogens is 6. The molecular formula is H8ClF5OP2. The molecule has 0 rings (SSSR count). The zero-order chi connectivity index (χ0) is 2.71. The molecule has 0 aromatic carbocycles. The molecule has 0 aliphatic rings. The summed E-state index contributed by atoms with van der Waals surface area (Å²) >= 11 is 4.42. The Morgan fingerprint density at radius 3 is 0.889 bits per heavy atom. The van der Waals surface area contributed by atoms with Crippen LogP contribution < -0.4 is 0 Å². The molecule has 0 aromatic rings. The summed E-state index contributed by atoms with van der Waals surface area (Å²) in [6, 6.07) is 0. The Bertz CT molecular complexity index is 22.4. The molecule has 9 heteroatoms. The van der Waals surface area contributed by atoms with Crippen LogP contribution in [-0.4, -0.2) is 0 Å². The van der Waals surface area contributed by atoms with Crippen molar-refractivity contribution in [3.05, 3.63) is 0 Å². The van der Waals surface area contributed by atoms with Crippen molar-refractivity contribution >= 4 is 29.0 Å². The minimum Gasteiger partial charge on any atom is -0.269 e. The lowest BCUT2D eigenvalue weighted by atomic mass is 16.0. The molecule has 0 spiro atoms. The molecule has 0 saturated carbocycles. The number of rotatable bonds is 0. The average molecular weight is 216 g/mol. The number of hydrogen-bond acceptors (Lipinski definition) is 1. The standard InChI is InChI=1S/ClOP.5FH.H3P/c1-3-2;;;;;;/h;5*1H;1H3. The molecule has 0 aromatic heterocycles. The number of hydrogen-bond donors (Lipinski definition) is 0. The Morgan fingerprint density at radius 2 is 0.889 bits per heavy atom. The molecule has 0 fully saturated rings. The molecule has 0 saturated heterocycles. The third kappa shape index (κ3) is 1610. The van der Waals surface area contributed by atoms with Gasteiger partial charge < -0.3 is 0 Å². The van der Waals surface area contributed by atoms with E-state index in [1.54, 1.807) is 0 Å². The van der Waals surface area contributed by atoms with Crippen molar-refractivity contribution < 1.29 is 28.1 Å². The summed E-state index contributed by atoms with van der Waals surface area (Å²) in [5, 5.41) is 0. The highest BCUT2D eigenvalue weighted by molar-refractivity contribution is 7.57. The Labute approximate surface area is 58.0 Å². The average Bonchev–Trinajstić information content (AvgIpc) is 0.918. The van der Waals surface area contributed by atoms with Gasteiger partial charge in [-0.15, -0.1) is 0 Å². The van der Waals surface area contributed by atoms with E-state index in [0.717, 1.165) is 0 Å². The minimum absolute atomic E-state index is 0. The van der Waals surface area contributed by atoms with E-state index in [0.29, 0.717) is 0 Å². The van der Waals surface area contributed by atoms with Gasteiger partial charge in [-0.2, -0.15) is 9.90 Å². The van der Waals surface area contributed by atoms with E-state index in [1.807, 2.05) is 0 Å². The van der Waals surface area contributed by atoms with Gasteiger partial charge in [0.25, 0.3) is 7.81 Å². The van der Waals surface area contributed by atoms with Crippen LogP contribution in [0.15, 0.2) is 0 Å². The normalized spacial score (nSPS) is 2.33. The molecular weight excluding hydrogens is 208 g/mol. The fourth-order valence-corrected chi connectivity index (χ4v) is 0. The predicted molar refractivity (Wildman–Crippen MR) is 37.1 cm³/mol. The first-order valence-corrected chi connectivity index (χ1v) is 2.07. The largest absolute Gasteiger partial charge is 0.269 e. The third-order valence-corrected chi connectivity index (χ3v) is 0. The second-order valence-electron chi connectivity index (χ2n) is 0.0690. The lowest BCUT2D eigenvalue weighted by molar-refractivity contribution is 0.605. The first kappa shape index (κ1) is 111. The monoisotopic (exact) mass is 216 g/mol. The lowest BCUT2D eigenvalue weighted by Gasteiger charge is -1.16. The van der Waals surface area contributed by atoms with Gasteiger partial charge in [0.2, 0.25) is 0 Å². The SMILES string of the molecule is F.F.F.F.F.O=PCl.P. The molecule has 9 heavy (non-hydrogen) atoms. The van der Waals surface area contributed by atoms with Gasteiger partial charge in [0, 0.05) is 0 Å². The van der Waals surface area contributed by atoms with E-state index >= 15 is 0 Å². The molecule has 1 atom stereocenters. The first-order chi connectivity index (χ1) is 1.41. The second kappa shape index (κ2) is 219. The van der Waals surface area contributed by atoms with Crippen LogP contribution in [0, 0.1) is 0 Å². The maximum absolute atomic E-state index is 8.67. The Hall–Kier alpha value is 0.470. The molecule has 1 unspecified atom stereocenters. The van der Waals surface area contributed by atoms with Crippen molar-refractivity contribution in [3.8, 4) is 0 Å². The molecule has 0 N–H and O–H groups in total. The van der Waals surface area contributed by atoms with Crippen LogP contribution in [0.2, 0.25) is 0 Å². The van der Waals surface area contributed by atoms with Crippen LogP contribution in [-0.2, 0) is 4.57 Å². The molecule has 0 aliphatic heterocycles. The zero-order valence-electron chi connectivity index (χ0n) is 3.98. The van der Waals surface area contributed by atoms with Gasteiger partial charge in [-0.25, -0.2) is 0 Å². The highest BCUT2D eigenvalue weighted by Crippen LogP contribution is 1.92. The highest BCUT2D eigenvalue weighted by atomic mass is 35.7. The minimum atomic E-state index is -0.361. The predicted octanol–water partition coefficient (Wildman–Crippen LogP) is 2.25. The maximum Gasteiger partial charge on any atom is 0.267 e. The van der Waals surface area contributed by atoms with Crippen LogP contribution in [0.1, 0.15) is 0 Å². The van der Waals surface area contributed by atoms with Gasteiger partial charge in [-0.1, -0.05) is 0 Å². The smallest absolute Gasteiger partial charge is 0.267 e. The van der Waals surface area contributed by atoms with Crippen LogP contribution in [0.4, 0.5) is 23.5 Å². The first-order valence-electron chi connectivity index (χ1n) is 0.352. The van der Waals surface area contributed by atoms with Crippen molar-refractivity contribution in [2.24, 2.45) is 0 Å². The Balaban J connectivity index is -0.00000000133. The highest BCUT2D eigenvalue weighted by Gasteiger charge is 1.33. The fourth-order valence-electron chi connectivity index (χ4n) is 0. The van der Waals surface area contributed by atoms with E-state index < -0.39 is 0 Å². The van der Waals surface area contributed by atoms with E-state index in [-0.39, 0.29) is 41.2 Å². The van der Waals surface area contributed by atoms with Crippen molar-refractivity contribution in [2.75, 3.05) is 0 Å². The second-order valence-corrected chi connectivity index (χ2v) is 0.621. The summed E-state index contributed by atoms with van der Waals surface area (Å²) in [6.45, 7) is 0. The Kier molecular flexibility index (Phi) is 2710. The maximum atomic E-state index is 8.67. The molecule has 0 bridgehead atoms. The summed E-state index contributed by atoms with van der Waals surface area (Å²) in [4.78, 5) is 0. The fraction of sp³-hybridized carbons (Fsp3) is 0. The zero-order valence-corrected chi connectivity index (χ0v) is 7.05.